The van der Waals surface area contributed by atoms with Crippen molar-refractivity contribution >= 4 is 46.4 Å². The summed E-state index contributed by atoms with van der Waals surface area (Å²) in [6.45, 7) is 0.867. The van der Waals surface area contributed by atoms with Crippen LogP contribution in [0.4, 0.5) is 17.1 Å². The summed E-state index contributed by atoms with van der Waals surface area (Å²) >= 11 is 6.11. The molecule has 2 aliphatic heterocycles. The maximum Gasteiger partial charge on any atom is 0.293 e. The van der Waals surface area contributed by atoms with Gasteiger partial charge in [0.2, 0.25) is 11.8 Å². The fourth-order valence-electron chi connectivity index (χ4n) is 4.10. The number of nitrogens with one attached hydrogen (secondary N) is 2. The summed E-state index contributed by atoms with van der Waals surface area (Å²) in [5, 5.41) is 6.08. The highest BCUT2D eigenvalue weighted by Gasteiger charge is 2.56. The number of halogens is 1. The summed E-state index contributed by atoms with van der Waals surface area (Å²) in [4.78, 5) is 39.0. The Kier molecular flexibility index (Phi) is 7.35. The predicted octanol–water partition coefficient (Wildman–Crippen LogP) is 2.78. The number of rotatable bonds is 9. The zero-order valence-corrected chi connectivity index (χ0v) is 19.4. The van der Waals surface area contributed by atoms with Crippen molar-refractivity contribution in [2.45, 2.75) is 31.5 Å². The standard InChI is InChI=1S/C24H27ClN4O5/c25-16-9-10-20-17(14-16)24(33-12-13-34-24)23(32)29(20)15-22(31)27-11-5-1-2-8-21(30)28-19-7-4-3-6-18(19)26/h3-4,6-7,9-10,14H,1-2,5,8,11-13,15,26H2,(H,27,31)(H,28,30). The van der Waals surface area contributed by atoms with Crippen LogP contribution in [0.5, 0.6) is 0 Å². The molecular formula is C24H27ClN4O5. The van der Waals surface area contributed by atoms with Gasteiger partial charge < -0.3 is 25.8 Å². The lowest BCUT2D eigenvalue weighted by Gasteiger charge is -2.21. The lowest BCUT2D eigenvalue weighted by atomic mass is 10.1. The van der Waals surface area contributed by atoms with Gasteiger partial charge in [-0.05, 0) is 43.2 Å². The summed E-state index contributed by atoms with van der Waals surface area (Å²) in [5.74, 6) is -2.34. The third-order valence-electron chi connectivity index (χ3n) is 5.76. The van der Waals surface area contributed by atoms with Gasteiger partial charge in [0.1, 0.15) is 6.54 Å². The maximum atomic E-state index is 13.1. The van der Waals surface area contributed by atoms with Crippen LogP contribution in [0.2, 0.25) is 5.02 Å². The lowest BCUT2D eigenvalue weighted by molar-refractivity contribution is -0.180. The van der Waals surface area contributed by atoms with Gasteiger partial charge in [0.15, 0.2) is 0 Å². The zero-order chi connectivity index (χ0) is 24.1. The monoisotopic (exact) mass is 486 g/mol. The highest BCUT2D eigenvalue weighted by Crippen LogP contribution is 2.46. The van der Waals surface area contributed by atoms with Gasteiger partial charge in [-0.25, -0.2) is 0 Å². The van der Waals surface area contributed by atoms with Crippen molar-refractivity contribution in [3.63, 3.8) is 0 Å². The van der Waals surface area contributed by atoms with E-state index in [1.807, 2.05) is 12.1 Å². The quantitative estimate of drug-likeness (QED) is 0.370. The minimum Gasteiger partial charge on any atom is -0.397 e. The maximum absolute atomic E-state index is 13.1. The second-order valence-corrected chi connectivity index (χ2v) is 8.60. The fourth-order valence-corrected chi connectivity index (χ4v) is 4.27. The Labute approximate surface area is 202 Å². The number of benzene rings is 2. The van der Waals surface area contributed by atoms with E-state index in [1.54, 1.807) is 30.3 Å². The fraction of sp³-hybridized carbons (Fsp3) is 0.375. The van der Waals surface area contributed by atoms with E-state index in [9.17, 15) is 14.4 Å². The molecule has 3 amide bonds. The number of anilines is 3. The SMILES string of the molecule is Nc1ccccc1NC(=O)CCCCCNC(=O)CN1C(=O)C2(OCCO2)c2cc(Cl)ccc21. The Hall–Kier alpha value is -3.14. The van der Waals surface area contributed by atoms with Crippen LogP contribution in [0.15, 0.2) is 42.5 Å². The van der Waals surface area contributed by atoms with Crippen molar-refractivity contribution in [3.05, 3.63) is 53.1 Å². The summed E-state index contributed by atoms with van der Waals surface area (Å²) in [7, 11) is 0. The first-order chi connectivity index (χ1) is 16.4. The van der Waals surface area contributed by atoms with Crippen LogP contribution in [-0.4, -0.2) is 44.0 Å². The van der Waals surface area contributed by atoms with Gasteiger partial charge in [0.25, 0.3) is 11.7 Å². The average molecular weight is 487 g/mol. The molecule has 10 heteroatoms. The van der Waals surface area contributed by atoms with E-state index in [0.29, 0.717) is 53.5 Å². The minimum absolute atomic E-state index is 0.0986. The molecule has 2 aromatic carbocycles. The van der Waals surface area contributed by atoms with Crippen molar-refractivity contribution in [1.29, 1.82) is 0 Å². The number of carbonyl (C=O) groups is 3. The molecule has 0 saturated carbocycles. The zero-order valence-electron chi connectivity index (χ0n) is 18.6. The van der Waals surface area contributed by atoms with Gasteiger partial charge in [-0.15, -0.1) is 0 Å². The molecule has 4 rings (SSSR count). The number of carbonyl (C=O) groups excluding carboxylic acids is 3. The topological polar surface area (TPSA) is 123 Å². The van der Waals surface area contributed by atoms with Crippen molar-refractivity contribution in [2.75, 3.05) is 42.3 Å². The van der Waals surface area contributed by atoms with Gasteiger partial charge in [0.05, 0.1) is 30.3 Å². The van der Waals surface area contributed by atoms with Crippen LogP contribution in [0.1, 0.15) is 31.2 Å². The molecule has 0 unspecified atom stereocenters. The summed E-state index contributed by atoms with van der Waals surface area (Å²) in [5.41, 5.74) is 8.03. The van der Waals surface area contributed by atoms with E-state index in [0.717, 1.165) is 6.42 Å². The molecule has 34 heavy (non-hydrogen) atoms. The third kappa shape index (κ3) is 5.01. The molecule has 1 fully saturated rings. The van der Waals surface area contributed by atoms with Crippen LogP contribution in [0, 0.1) is 0 Å². The number of fused-ring (bicyclic) bond motifs is 2. The van der Waals surface area contributed by atoms with Gasteiger partial charge >= 0.3 is 0 Å². The first-order valence-electron chi connectivity index (χ1n) is 11.2. The van der Waals surface area contributed by atoms with Crippen molar-refractivity contribution in [2.24, 2.45) is 0 Å². The molecule has 4 N–H and O–H groups in total. The smallest absolute Gasteiger partial charge is 0.293 e. The van der Waals surface area contributed by atoms with E-state index in [2.05, 4.69) is 10.6 Å². The van der Waals surface area contributed by atoms with E-state index in [-0.39, 0.29) is 31.6 Å². The van der Waals surface area contributed by atoms with Crippen molar-refractivity contribution in [3.8, 4) is 0 Å². The van der Waals surface area contributed by atoms with E-state index in [1.165, 1.54) is 4.90 Å². The molecule has 2 aromatic rings. The summed E-state index contributed by atoms with van der Waals surface area (Å²) < 4.78 is 11.3. The van der Waals surface area contributed by atoms with Gasteiger partial charge in [-0.3, -0.25) is 19.3 Å². The molecule has 180 valence electrons. The number of hydrogen-bond acceptors (Lipinski definition) is 6. The van der Waals surface area contributed by atoms with Gasteiger partial charge in [0, 0.05) is 23.6 Å². The van der Waals surface area contributed by atoms with Crippen LogP contribution < -0.4 is 21.3 Å². The number of para-hydroxylation sites is 2. The van der Waals surface area contributed by atoms with E-state index in [4.69, 9.17) is 26.8 Å². The van der Waals surface area contributed by atoms with Crippen molar-refractivity contribution in [1.82, 2.24) is 5.32 Å². The molecular weight excluding hydrogens is 460 g/mol. The number of amides is 3. The van der Waals surface area contributed by atoms with Gasteiger partial charge in [-0.1, -0.05) is 30.2 Å². The second kappa shape index (κ2) is 10.4. The number of nitrogens with two attached hydrogens (primary N) is 1. The Morgan fingerprint density at radius 2 is 1.82 bits per heavy atom. The normalized spacial score (nSPS) is 16.0. The number of hydrogen-bond donors (Lipinski definition) is 3. The lowest BCUT2D eigenvalue weighted by Crippen LogP contribution is -2.45. The third-order valence-corrected chi connectivity index (χ3v) is 6.00. The first-order valence-corrected chi connectivity index (χ1v) is 11.6. The Morgan fingerprint density at radius 3 is 2.59 bits per heavy atom. The van der Waals surface area contributed by atoms with Gasteiger partial charge in [-0.2, -0.15) is 0 Å². The van der Waals surface area contributed by atoms with Crippen LogP contribution in [0.25, 0.3) is 0 Å². The molecule has 9 nitrogen and oxygen atoms in total. The summed E-state index contributed by atoms with van der Waals surface area (Å²) in [6.07, 6.45) is 2.53. The Morgan fingerprint density at radius 1 is 1.06 bits per heavy atom. The number of ether oxygens (including phenoxy) is 2. The van der Waals surface area contributed by atoms with Crippen LogP contribution in [0.3, 0.4) is 0 Å². The molecule has 0 aliphatic carbocycles. The van der Waals surface area contributed by atoms with E-state index >= 15 is 0 Å². The largest absolute Gasteiger partial charge is 0.397 e. The molecule has 2 heterocycles. The summed E-state index contributed by atoms with van der Waals surface area (Å²) in [6, 6.07) is 12.1. The highest BCUT2D eigenvalue weighted by atomic mass is 35.5. The molecule has 1 saturated heterocycles. The minimum atomic E-state index is -1.52. The van der Waals surface area contributed by atoms with E-state index < -0.39 is 11.7 Å². The molecule has 2 aliphatic rings. The molecule has 0 bridgehead atoms. The molecule has 0 radical (unpaired) electrons. The average Bonchev–Trinajstić information content (AvgIpc) is 3.39. The second-order valence-electron chi connectivity index (χ2n) is 8.16. The Balaban J connectivity index is 1.20. The van der Waals surface area contributed by atoms with Crippen LogP contribution in [-0.2, 0) is 29.6 Å². The first kappa shape index (κ1) is 24.0. The Bertz CT molecular complexity index is 1090. The number of unbranched alkanes of at least 4 members (excludes halogenated alkanes) is 2. The molecule has 0 atom stereocenters. The predicted molar refractivity (Wildman–Crippen MR) is 128 cm³/mol. The number of nitrogen functional groups attached to an aromatic ring is 1. The van der Waals surface area contributed by atoms with Crippen molar-refractivity contribution < 1.29 is 23.9 Å². The number of nitrogens with zero attached hydrogens (tertiary/aromatic N) is 1. The highest BCUT2D eigenvalue weighted by molar-refractivity contribution is 6.31. The van der Waals surface area contributed by atoms with Crippen LogP contribution >= 0.6 is 11.6 Å². The molecule has 1 spiro atoms. The molecule has 0 aromatic heterocycles.